The molecule has 1 saturated heterocycles. The topological polar surface area (TPSA) is 175 Å². The van der Waals surface area contributed by atoms with Gasteiger partial charge in [-0.3, -0.25) is 9.59 Å². The van der Waals surface area contributed by atoms with Gasteiger partial charge in [0.2, 0.25) is 5.91 Å². The lowest BCUT2D eigenvalue weighted by Gasteiger charge is -2.40. The highest BCUT2D eigenvalue weighted by Gasteiger charge is 2.44. The summed E-state index contributed by atoms with van der Waals surface area (Å²) in [6, 6.07) is -0.810. The number of carbonyl (C=O) groups is 2. The molecule has 7 atom stereocenters. The average Bonchev–Trinajstić information content (AvgIpc) is 3.34. The Morgan fingerprint density at radius 2 is 0.913 bits per heavy atom. The van der Waals surface area contributed by atoms with Crippen molar-refractivity contribution >= 4 is 11.9 Å². The molecule has 1 fully saturated rings. The van der Waals surface area contributed by atoms with Crippen molar-refractivity contribution in [2.45, 2.75) is 326 Å². The summed E-state index contributed by atoms with van der Waals surface area (Å²) in [7, 11) is 0. The summed E-state index contributed by atoms with van der Waals surface area (Å²) in [5.74, 6) is -0.193. The van der Waals surface area contributed by atoms with Crippen LogP contribution in [0.5, 0.6) is 0 Å². The minimum atomic E-state index is -1.57. The van der Waals surface area contributed by atoms with Gasteiger partial charge in [-0.2, -0.15) is 0 Å². The number of unbranched alkanes of at least 4 members (excludes halogenated alkanes) is 37. The van der Waals surface area contributed by atoms with Crippen LogP contribution in [0.1, 0.15) is 284 Å². The Kier molecular flexibility index (Phi) is 46.1. The summed E-state index contributed by atoms with van der Waals surface area (Å²) in [6.07, 6.45) is 46.0. The predicted octanol–water partition coefficient (Wildman–Crippen LogP) is 13.2. The van der Waals surface area contributed by atoms with Gasteiger partial charge in [-0.15, -0.1) is 0 Å². The van der Waals surface area contributed by atoms with Gasteiger partial charge in [0.15, 0.2) is 6.29 Å². The minimum Gasteiger partial charge on any atom is -0.466 e. The number of esters is 1. The molecule has 0 saturated carbocycles. The van der Waals surface area contributed by atoms with Crippen molar-refractivity contribution in [1.29, 1.82) is 0 Å². The highest BCUT2D eigenvalue weighted by atomic mass is 16.7. The first-order chi connectivity index (χ1) is 33.7. The van der Waals surface area contributed by atoms with Gasteiger partial charge in [-0.1, -0.05) is 251 Å². The summed E-state index contributed by atoms with van der Waals surface area (Å²) >= 11 is 0. The fourth-order valence-electron chi connectivity index (χ4n) is 9.44. The van der Waals surface area contributed by atoms with Crippen LogP contribution in [-0.2, 0) is 23.8 Å². The van der Waals surface area contributed by atoms with E-state index in [1.807, 2.05) is 6.08 Å². The molecule has 0 aromatic carbocycles. The van der Waals surface area contributed by atoms with Crippen LogP contribution >= 0.6 is 0 Å². The minimum absolute atomic E-state index is 0.00597. The molecule has 6 N–H and O–H groups in total. The molecule has 1 rings (SSSR count). The first-order valence-electron chi connectivity index (χ1n) is 29.5. The molecular weight excluding hydrogens is 871 g/mol. The smallest absolute Gasteiger partial charge is 0.305 e. The molecule has 69 heavy (non-hydrogen) atoms. The average molecular weight is 983 g/mol. The van der Waals surface area contributed by atoms with Crippen LogP contribution in [0.2, 0.25) is 0 Å². The van der Waals surface area contributed by atoms with Crippen LogP contribution in [0.4, 0.5) is 0 Å². The maximum Gasteiger partial charge on any atom is 0.305 e. The van der Waals surface area contributed by atoms with Crippen molar-refractivity contribution in [2.75, 3.05) is 19.8 Å². The Labute approximate surface area is 423 Å². The number of hydrogen-bond donors (Lipinski definition) is 6. The number of aliphatic hydroxyl groups excluding tert-OH is 5. The number of amides is 1. The lowest BCUT2D eigenvalue weighted by Crippen LogP contribution is -2.60. The Bertz CT molecular complexity index is 1160. The zero-order chi connectivity index (χ0) is 50.3. The van der Waals surface area contributed by atoms with E-state index in [1.165, 1.54) is 193 Å². The first kappa shape index (κ1) is 65.4. The second kappa shape index (κ2) is 48.7. The van der Waals surface area contributed by atoms with Gasteiger partial charge in [0.1, 0.15) is 24.4 Å². The molecule has 0 aliphatic carbocycles. The highest BCUT2D eigenvalue weighted by Crippen LogP contribution is 2.23. The van der Waals surface area contributed by atoms with E-state index in [9.17, 15) is 35.1 Å². The number of hydrogen-bond acceptors (Lipinski definition) is 10. The van der Waals surface area contributed by atoms with Crippen LogP contribution in [-0.4, -0.2) is 100 Å². The number of carbonyl (C=O) groups excluding carboxylic acids is 2. The van der Waals surface area contributed by atoms with E-state index in [1.54, 1.807) is 6.08 Å². The number of nitrogens with one attached hydrogen (secondary N) is 1. The van der Waals surface area contributed by atoms with Gasteiger partial charge in [0, 0.05) is 12.8 Å². The van der Waals surface area contributed by atoms with E-state index in [2.05, 4.69) is 19.2 Å². The van der Waals surface area contributed by atoms with Crippen molar-refractivity contribution < 1.29 is 49.3 Å². The molecule has 0 radical (unpaired) electrons. The van der Waals surface area contributed by atoms with Gasteiger partial charge in [0.25, 0.3) is 0 Å². The van der Waals surface area contributed by atoms with Crippen molar-refractivity contribution in [3.63, 3.8) is 0 Å². The van der Waals surface area contributed by atoms with E-state index in [0.29, 0.717) is 19.4 Å². The molecule has 408 valence electrons. The van der Waals surface area contributed by atoms with E-state index in [-0.39, 0.29) is 18.5 Å². The van der Waals surface area contributed by atoms with Gasteiger partial charge in [-0.25, -0.2) is 0 Å². The van der Waals surface area contributed by atoms with Crippen molar-refractivity contribution in [1.82, 2.24) is 5.32 Å². The summed E-state index contributed by atoms with van der Waals surface area (Å²) < 4.78 is 16.7. The maximum atomic E-state index is 13.0. The second-order valence-corrected chi connectivity index (χ2v) is 20.7. The van der Waals surface area contributed by atoms with Gasteiger partial charge in [0.05, 0.1) is 32.0 Å². The summed E-state index contributed by atoms with van der Waals surface area (Å²) in [5, 5.41) is 54.2. The number of aliphatic hydroxyl groups is 5. The summed E-state index contributed by atoms with van der Waals surface area (Å²) in [6.45, 7) is 4.31. The molecule has 0 spiro atoms. The van der Waals surface area contributed by atoms with Gasteiger partial charge < -0.3 is 45.1 Å². The zero-order valence-electron chi connectivity index (χ0n) is 44.8. The molecule has 1 heterocycles. The van der Waals surface area contributed by atoms with Crippen LogP contribution in [0, 0.1) is 0 Å². The molecular formula is C58H111NO10. The zero-order valence-corrected chi connectivity index (χ0v) is 44.8. The predicted molar refractivity (Wildman–Crippen MR) is 283 cm³/mol. The molecule has 1 aliphatic heterocycles. The third-order valence-electron chi connectivity index (χ3n) is 14.2. The highest BCUT2D eigenvalue weighted by molar-refractivity contribution is 5.76. The molecule has 11 nitrogen and oxygen atoms in total. The van der Waals surface area contributed by atoms with Crippen molar-refractivity contribution in [2.24, 2.45) is 0 Å². The van der Waals surface area contributed by atoms with Gasteiger partial charge >= 0.3 is 5.97 Å². The SMILES string of the molecule is CCCCCCCCC/C=C/C(O)C(COC1OC(CO)C(O)C(O)C1O)NC(=O)CCCCCCCCCCCCCCCCCCCCOC(=O)CCCCCCCCCCCCCCCC. The monoisotopic (exact) mass is 982 g/mol. The second-order valence-electron chi connectivity index (χ2n) is 20.7. The maximum absolute atomic E-state index is 13.0. The van der Waals surface area contributed by atoms with E-state index in [4.69, 9.17) is 14.2 Å². The molecule has 1 aliphatic rings. The molecule has 7 unspecified atom stereocenters. The largest absolute Gasteiger partial charge is 0.466 e. The van der Waals surface area contributed by atoms with Crippen LogP contribution in [0.3, 0.4) is 0 Å². The van der Waals surface area contributed by atoms with Crippen molar-refractivity contribution in [3.8, 4) is 0 Å². The quantitative estimate of drug-likeness (QED) is 0.0195. The third-order valence-corrected chi connectivity index (χ3v) is 14.2. The normalized spacial score (nSPS) is 19.3. The number of rotatable bonds is 51. The summed E-state index contributed by atoms with van der Waals surface area (Å²) in [5.41, 5.74) is 0. The summed E-state index contributed by atoms with van der Waals surface area (Å²) in [4.78, 5) is 25.0. The fraction of sp³-hybridized carbons (Fsp3) is 0.931. The van der Waals surface area contributed by atoms with Crippen LogP contribution in [0.25, 0.3) is 0 Å². The number of ether oxygens (including phenoxy) is 3. The Balaban J connectivity index is 2.02. The van der Waals surface area contributed by atoms with Crippen LogP contribution < -0.4 is 5.32 Å². The molecule has 0 bridgehead atoms. The Morgan fingerprint density at radius 3 is 1.35 bits per heavy atom. The lowest BCUT2D eigenvalue weighted by molar-refractivity contribution is -0.302. The van der Waals surface area contributed by atoms with E-state index >= 15 is 0 Å². The first-order valence-corrected chi connectivity index (χ1v) is 29.5. The Morgan fingerprint density at radius 1 is 0.522 bits per heavy atom. The fourth-order valence-corrected chi connectivity index (χ4v) is 9.44. The lowest BCUT2D eigenvalue weighted by atomic mass is 9.99. The standard InChI is InChI=1S/C58H111NO10/c1-3-5-7-9-11-13-14-15-23-26-30-34-38-42-46-54(63)67-47-43-39-35-31-27-24-21-19-17-16-18-20-22-25-29-33-37-41-45-53(62)59-50(51(61)44-40-36-32-28-12-10-8-6-4-2)49-68-58-57(66)56(65)55(64)52(48-60)69-58/h40,44,50-52,55-58,60-61,64-66H,3-39,41-43,45-49H2,1-2H3,(H,59,62)/b44-40+. The molecule has 11 heteroatoms. The van der Waals surface area contributed by atoms with Gasteiger partial charge in [-0.05, 0) is 32.1 Å². The van der Waals surface area contributed by atoms with E-state index in [0.717, 1.165) is 64.2 Å². The molecule has 0 aromatic rings. The van der Waals surface area contributed by atoms with Crippen LogP contribution in [0.15, 0.2) is 12.2 Å². The molecule has 1 amide bonds. The van der Waals surface area contributed by atoms with E-state index < -0.39 is 49.5 Å². The molecule has 0 aromatic heterocycles. The third kappa shape index (κ3) is 38.7. The van der Waals surface area contributed by atoms with Crippen molar-refractivity contribution in [3.05, 3.63) is 12.2 Å². The number of allylic oxidation sites excluding steroid dienone is 1. The Hall–Kier alpha value is -1.60.